The first-order valence-electron chi connectivity index (χ1n) is 9.12. The lowest BCUT2D eigenvalue weighted by Gasteiger charge is -2.19. The number of aryl methyl sites for hydroxylation is 1. The molecule has 0 aromatic carbocycles. The van der Waals surface area contributed by atoms with E-state index in [-0.39, 0.29) is 11.5 Å². The zero-order valence-corrected chi connectivity index (χ0v) is 17.2. The molecule has 1 heterocycles. The second-order valence-corrected chi connectivity index (χ2v) is 8.69. The molecule has 0 amide bonds. The van der Waals surface area contributed by atoms with Gasteiger partial charge in [-0.1, -0.05) is 37.8 Å². The van der Waals surface area contributed by atoms with Gasteiger partial charge >= 0.3 is 0 Å². The predicted octanol–water partition coefficient (Wildman–Crippen LogP) is 5.78. The standard InChI is InChI=1S/C22H28N2OS/c1-13(2)9-18(10-15(5)12-23)26-21-19(11-17-7-8-17)16(6)24-22(25)20(21)14(3)4/h9-10,14,17H,5,7-8,11H2,1-4,6H3,(H,24,25). The number of hydrogen-bond donors (Lipinski definition) is 1. The molecular weight excluding hydrogens is 340 g/mol. The molecule has 1 aliphatic rings. The summed E-state index contributed by atoms with van der Waals surface area (Å²) in [6.07, 6.45) is 7.39. The van der Waals surface area contributed by atoms with Crippen LogP contribution in [0.25, 0.3) is 0 Å². The van der Waals surface area contributed by atoms with Crippen molar-refractivity contribution in [2.24, 2.45) is 5.92 Å². The van der Waals surface area contributed by atoms with Gasteiger partial charge in [0, 0.05) is 26.6 Å². The van der Waals surface area contributed by atoms with E-state index in [9.17, 15) is 4.79 Å². The Kier molecular flexibility index (Phi) is 6.72. The lowest BCUT2D eigenvalue weighted by Crippen LogP contribution is -2.19. The molecule has 1 saturated carbocycles. The molecule has 0 saturated heterocycles. The third-order valence-corrected chi connectivity index (χ3v) is 5.54. The van der Waals surface area contributed by atoms with E-state index in [4.69, 9.17) is 5.26 Å². The van der Waals surface area contributed by atoms with Gasteiger partial charge in [0.25, 0.3) is 5.56 Å². The maximum atomic E-state index is 12.7. The van der Waals surface area contributed by atoms with Crippen LogP contribution < -0.4 is 5.56 Å². The first kappa shape index (κ1) is 20.3. The highest BCUT2D eigenvalue weighted by Crippen LogP contribution is 2.41. The van der Waals surface area contributed by atoms with Crippen LogP contribution in [0.15, 0.2) is 44.5 Å². The van der Waals surface area contributed by atoms with Gasteiger partial charge in [-0.05, 0) is 69.6 Å². The molecule has 0 spiro atoms. The molecule has 1 N–H and O–H groups in total. The maximum Gasteiger partial charge on any atom is 0.252 e. The fraction of sp³-hybridized carbons (Fsp3) is 0.455. The molecule has 4 heteroatoms. The van der Waals surface area contributed by atoms with E-state index >= 15 is 0 Å². The Labute approximate surface area is 160 Å². The maximum absolute atomic E-state index is 12.7. The van der Waals surface area contributed by atoms with Gasteiger partial charge in [-0.15, -0.1) is 0 Å². The highest BCUT2D eigenvalue weighted by Gasteiger charge is 2.27. The SMILES string of the molecule is C=C(C#N)C=C(C=C(C)C)Sc1c(CC2CC2)c(C)[nH]c(=O)c1C(C)C. The number of thioether (sulfide) groups is 1. The minimum Gasteiger partial charge on any atom is -0.326 e. The number of nitrogens with zero attached hydrogens (tertiary/aromatic N) is 1. The van der Waals surface area contributed by atoms with Gasteiger partial charge in [-0.25, -0.2) is 0 Å². The van der Waals surface area contributed by atoms with Crippen molar-refractivity contribution >= 4 is 11.8 Å². The average molecular weight is 369 g/mol. The molecule has 2 rings (SSSR count). The van der Waals surface area contributed by atoms with E-state index in [0.717, 1.165) is 39.0 Å². The van der Waals surface area contributed by atoms with E-state index < -0.39 is 0 Å². The number of rotatable bonds is 7. The fourth-order valence-electron chi connectivity index (χ4n) is 2.95. The van der Waals surface area contributed by atoms with Gasteiger partial charge in [-0.2, -0.15) is 5.26 Å². The zero-order valence-electron chi connectivity index (χ0n) is 16.4. The molecule has 26 heavy (non-hydrogen) atoms. The minimum absolute atomic E-state index is 0.00444. The Bertz CT molecular complexity index is 857. The summed E-state index contributed by atoms with van der Waals surface area (Å²) >= 11 is 1.59. The molecule has 3 nitrogen and oxygen atoms in total. The van der Waals surface area contributed by atoms with Crippen molar-refractivity contribution in [3.63, 3.8) is 0 Å². The van der Waals surface area contributed by atoms with E-state index in [1.165, 1.54) is 18.4 Å². The van der Waals surface area contributed by atoms with Crippen LogP contribution in [0.4, 0.5) is 0 Å². The number of nitriles is 1. The van der Waals surface area contributed by atoms with E-state index in [1.54, 1.807) is 17.8 Å². The van der Waals surface area contributed by atoms with Gasteiger partial charge in [0.05, 0.1) is 6.07 Å². The average Bonchev–Trinajstić information content (AvgIpc) is 3.33. The number of allylic oxidation sites excluding steroid dienone is 4. The minimum atomic E-state index is -0.00444. The Balaban J connectivity index is 2.62. The summed E-state index contributed by atoms with van der Waals surface area (Å²) in [5, 5.41) is 9.12. The number of hydrogen-bond acceptors (Lipinski definition) is 3. The summed E-state index contributed by atoms with van der Waals surface area (Å²) in [4.78, 5) is 17.7. The molecule has 0 aliphatic heterocycles. The molecule has 0 atom stereocenters. The second-order valence-electron chi connectivity index (χ2n) is 7.61. The fourth-order valence-corrected chi connectivity index (χ4v) is 4.48. The highest BCUT2D eigenvalue weighted by atomic mass is 32.2. The largest absolute Gasteiger partial charge is 0.326 e. The molecule has 1 aromatic rings. The summed E-state index contributed by atoms with van der Waals surface area (Å²) in [6.45, 7) is 14.0. The van der Waals surface area contributed by atoms with Gasteiger partial charge < -0.3 is 4.98 Å². The van der Waals surface area contributed by atoms with Crippen molar-refractivity contribution in [3.05, 3.63) is 62.0 Å². The van der Waals surface area contributed by atoms with Gasteiger partial charge in [-0.3, -0.25) is 4.79 Å². The van der Waals surface area contributed by atoms with Crippen LogP contribution in [0.1, 0.15) is 63.3 Å². The van der Waals surface area contributed by atoms with Gasteiger partial charge in [0.2, 0.25) is 0 Å². The summed E-state index contributed by atoms with van der Waals surface area (Å²) in [7, 11) is 0. The molecule has 0 unspecified atom stereocenters. The van der Waals surface area contributed by atoms with Crippen LogP contribution >= 0.6 is 11.8 Å². The first-order chi connectivity index (χ1) is 12.2. The van der Waals surface area contributed by atoms with Gasteiger partial charge in [0.1, 0.15) is 0 Å². The van der Waals surface area contributed by atoms with Crippen LogP contribution in [0.3, 0.4) is 0 Å². The molecule has 0 bridgehead atoms. The second kappa shape index (κ2) is 8.60. The van der Waals surface area contributed by atoms with Crippen molar-refractivity contribution in [1.82, 2.24) is 4.98 Å². The van der Waals surface area contributed by atoms with Crippen molar-refractivity contribution in [2.45, 2.75) is 64.7 Å². The quantitative estimate of drug-likeness (QED) is 0.377. The monoisotopic (exact) mass is 368 g/mol. The zero-order chi connectivity index (χ0) is 19.4. The number of aromatic amines is 1. The van der Waals surface area contributed by atoms with E-state index in [1.807, 2.05) is 20.8 Å². The van der Waals surface area contributed by atoms with Crippen LogP contribution in [0, 0.1) is 24.2 Å². The summed E-state index contributed by atoms with van der Waals surface area (Å²) in [5.41, 5.74) is 4.61. The Hall–Kier alpha value is -1.99. The Morgan fingerprint density at radius 3 is 2.54 bits per heavy atom. The third kappa shape index (κ3) is 5.25. The first-order valence-corrected chi connectivity index (χ1v) is 9.93. The lowest BCUT2D eigenvalue weighted by molar-refractivity contribution is 0.755. The molecule has 0 radical (unpaired) electrons. The van der Waals surface area contributed by atoms with Crippen molar-refractivity contribution in [1.29, 1.82) is 5.26 Å². The van der Waals surface area contributed by atoms with Crippen LogP contribution in [-0.2, 0) is 6.42 Å². The van der Waals surface area contributed by atoms with Crippen LogP contribution in [0.5, 0.6) is 0 Å². The number of pyridine rings is 1. The Morgan fingerprint density at radius 1 is 1.38 bits per heavy atom. The lowest BCUT2D eigenvalue weighted by atomic mass is 9.99. The van der Waals surface area contributed by atoms with Crippen molar-refractivity contribution in [2.75, 3.05) is 0 Å². The van der Waals surface area contributed by atoms with E-state index in [2.05, 4.69) is 37.6 Å². The summed E-state index contributed by atoms with van der Waals surface area (Å²) in [5.74, 6) is 0.857. The predicted molar refractivity (Wildman–Crippen MR) is 110 cm³/mol. The summed E-state index contributed by atoms with van der Waals surface area (Å²) in [6, 6.07) is 2.09. The van der Waals surface area contributed by atoms with Crippen LogP contribution in [-0.4, -0.2) is 4.98 Å². The van der Waals surface area contributed by atoms with Gasteiger partial charge in [0.15, 0.2) is 0 Å². The molecule has 138 valence electrons. The number of aromatic nitrogens is 1. The number of H-pyrrole nitrogens is 1. The Morgan fingerprint density at radius 2 is 2.04 bits per heavy atom. The van der Waals surface area contributed by atoms with Crippen molar-refractivity contribution in [3.8, 4) is 6.07 Å². The molecule has 1 aromatic heterocycles. The third-order valence-electron chi connectivity index (χ3n) is 4.40. The molecular formula is C22H28N2OS. The van der Waals surface area contributed by atoms with Crippen molar-refractivity contribution < 1.29 is 0 Å². The smallest absolute Gasteiger partial charge is 0.252 e. The highest BCUT2D eigenvalue weighted by molar-refractivity contribution is 8.03. The van der Waals surface area contributed by atoms with E-state index in [0.29, 0.717) is 5.57 Å². The topological polar surface area (TPSA) is 56.6 Å². The van der Waals surface area contributed by atoms with Crippen LogP contribution in [0.2, 0.25) is 0 Å². The number of nitrogens with one attached hydrogen (secondary N) is 1. The normalized spacial score (nSPS) is 14.3. The molecule has 1 fully saturated rings. The molecule has 1 aliphatic carbocycles. The summed E-state index contributed by atoms with van der Waals surface area (Å²) < 4.78 is 0.